The molecule has 3 rings (SSSR count). The fourth-order valence-corrected chi connectivity index (χ4v) is 4.43. The number of hydrogen-bond acceptors (Lipinski definition) is 2. The average molecular weight is 478 g/mol. The summed E-state index contributed by atoms with van der Waals surface area (Å²) in [5, 5.41) is 2.47. The van der Waals surface area contributed by atoms with Gasteiger partial charge in [0.25, 0.3) is 0 Å². The van der Waals surface area contributed by atoms with Crippen LogP contribution >= 0.6 is 0 Å². The highest BCUT2D eigenvalue weighted by atomic mass is 19.1. The van der Waals surface area contributed by atoms with Crippen LogP contribution in [0.3, 0.4) is 0 Å². The summed E-state index contributed by atoms with van der Waals surface area (Å²) in [6.45, 7) is 10.6. The van der Waals surface area contributed by atoms with Crippen LogP contribution in [0.2, 0.25) is 0 Å². The number of nitrogens with one attached hydrogen (secondary N) is 1. The highest BCUT2D eigenvalue weighted by Gasteiger charge is 2.32. The lowest BCUT2D eigenvalue weighted by molar-refractivity contribution is -0.111. The maximum atomic E-state index is 13.3. The van der Waals surface area contributed by atoms with Crippen molar-refractivity contribution in [3.63, 3.8) is 0 Å². The standard InChI is InChI=1S/C29H33F2N3O/c1-20(7-6-8-21(2)15-28(35)33-25-17-23(30)16-24(31)18-25)9-10-26-22(3)27(11-12-29(26,4)5)34-14-13-32-19-34/h6-10,13-19,27H,11-12H2,1-5H3,(H,33,35)/b8-6+,10-9+,20-7+,21-15+/t27-/m0/s1. The number of rotatable bonds is 7. The summed E-state index contributed by atoms with van der Waals surface area (Å²) in [4.78, 5) is 16.3. The second-order valence-electron chi connectivity index (χ2n) is 9.68. The molecule has 4 nitrogen and oxygen atoms in total. The number of amides is 1. The van der Waals surface area contributed by atoms with Crippen LogP contribution in [-0.4, -0.2) is 15.5 Å². The number of benzene rings is 1. The van der Waals surface area contributed by atoms with E-state index in [4.69, 9.17) is 0 Å². The molecule has 184 valence electrons. The molecule has 1 amide bonds. The summed E-state index contributed by atoms with van der Waals surface area (Å²) in [6, 6.07) is 3.23. The van der Waals surface area contributed by atoms with Crippen molar-refractivity contribution in [3.8, 4) is 0 Å². The maximum absolute atomic E-state index is 13.3. The van der Waals surface area contributed by atoms with Gasteiger partial charge in [-0.1, -0.05) is 49.8 Å². The highest BCUT2D eigenvalue weighted by molar-refractivity contribution is 5.99. The van der Waals surface area contributed by atoms with Crippen molar-refractivity contribution < 1.29 is 13.6 Å². The third-order valence-corrected chi connectivity index (χ3v) is 6.30. The van der Waals surface area contributed by atoms with Crippen LogP contribution in [0.4, 0.5) is 14.5 Å². The molecule has 35 heavy (non-hydrogen) atoms. The van der Waals surface area contributed by atoms with Gasteiger partial charge < -0.3 is 9.88 Å². The van der Waals surface area contributed by atoms with Gasteiger partial charge in [-0.3, -0.25) is 4.79 Å². The van der Waals surface area contributed by atoms with Crippen LogP contribution < -0.4 is 5.32 Å². The van der Waals surface area contributed by atoms with Crippen molar-refractivity contribution in [2.24, 2.45) is 5.41 Å². The van der Waals surface area contributed by atoms with Crippen LogP contribution in [0.1, 0.15) is 53.5 Å². The first-order valence-corrected chi connectivity index (χ1v) is 11.7. The minimum atomic E-state index is -0.741. The minimum Gasteiger partial charge on any atom is -0.330 e. The second kappa shape index (κ2) is 11.3. The molecule has 1 aliphatic carbocycles. The van der Waals surface area contributed by atoms with E-state index in [2.05, 4.69) is 47.8 Å². The van der Waals surface area contributed by atoms with E-state index in [0.29, 0.717) is 11.6 Å². The summed E-state index contributed by atoms with van der Waals surface area (Å²) in [6.07, 6.45) is 19.3. The molecule has 0 aliphatic heterocycles. The third kappa shape index (κ3) is 7.22. The molecule has 0 unspecified atom stereocenters. The Bertz CT molecular complexity index is 1190. The molecule has 0 radical (unpaired) electrons. The Hall–Kier alpha value is -3.54. The number of aromatic nitrogens is 2. The minimum absolute atomic E-state index is 0.0759. The van der Waals surface area contributed by atoms with Gasteiger partial charge in [0.2, 0.25) is 5.91 Å². The van der Waals surface area contributed by atoms with Crippen molar-refractivity contribution in [2.75, 3.05) is 5.32 Å². The smallest absolute Gasteiger partial charge is 0.248 e. The lowest BCUT2D eigenvalue weighted by Gasteiger charge is -2.37. The van der Waals surface area contributed by atoms with E-state index in [9.17, 15) is 13.6 Å². The zero-order valence-corrected chi connectivity index (χ0v) is 21.0. The van der Waals surface area contributed by atoms with Gasteiger partial charge in [-0.05, 0) is 67.9 Å². The van der Waals surface area contributed by atoms with Gasteiger partial charge in [-0.25, -0.2) is 13.8 Å². The van der Waals surface area contributed by atoms with E-state index in [-0.39, 0.29) is 11.1 Å². The van der Waals surface area contributed by atoms with Gasteiger partial charge in [0.05, 0.1) is 12.4 Å². The number of allylic oxidation sites excluding steroid dienone is 9. The first-order chi connectivity index (χ1) is 16.5. The molecule has 1 aromatic heterocycles. The SMILES string of the molecule is CC1=C(/C=C/C(C)=C/C=C/C(C)=C/C(=O)Nc2cc(F)cc(F)c2)C(C)(C)CC[C@@H]1n1ccnc1. The van der Waals surface area contributed by atoms with Crippen molar-refractivity contribution >= 4 is 11.6 Å². The molecule has 1 N–H and O–H groups in total. The second-order valence-corrected chi connectivity index (χ2v) is 9.68. The largest absolute Gasteiger partial charge is 0.330 e. The van der Waals surface area contributed by atoms with E-state index < -0.39 is 17.5 Å². The monoisotopic (exact) mass is 477 g/mol. The molecular weight excluding hydrogens is 444 g/mol. The number of hydrogen-bond donors (Lipinski definition) is 1. The zero-order valence-electron chi connectivity index (χ0n) is 21.0. The van der Waals surface area contributed by atoms with Gasteiger partial charge >= 0.3 is 0 Å². The van der Waals surface area contributed by atoms with Crippen LogP contribution in [0.15, 0.2) is 95.7 Å². The number of carbonyl (C=O) groups excluding carboxylic acids is 1. The van der Waals surface area contributed by atoms with Gasteiger partial charge in [0, 0.05) is 30.2 Å². The zero-order chi connectivity index (χ0) is 25.6. The van der Waals surface area contributed by atoms with Gasteiger partial charge in [-0.2, -0.15) is 0 Å². The molecule has 0 saturated carbocycles. The van der Waals surface area contributed by atoms with Gasteiger partial charge in [0.1, 0.15) is 11.6 Å². The lowest BCUT2D eigenvalue weighted by atomic mass is 9.71. The Morgan fingerprint density at radius 2 is 1.86 bits per heavy atom. The van der Waals surface area contributed by atoms with E-state index in [1.165, 1.54) is 17.2 Å². The number of imidazole rings is 1. The topological polar surface area (TPSA) is 46.9 Å². The Balaban J connectivity index is 1.66. The summed E-state index contributed by atoms with van der Waals surface area (Å²) in [5.74, 6) is -1.93. The van der Waals surface area contributed by atoms with Gasteiger partial charge in [-0.15, -0.1) is 0 Å². The van der Waals surface area contributed by atoms with E-state index in [1.807, 2.05) is 43.9 Å². The molecule has 1 heterocycles. The molecule has 0 fully saturated rings. The van der Waals surface area contributed by atoms with Crippen molar-refractivity contribution in [3.05, 3.63) is 107 Å². The Labute approximate surface area is 206 Å². The fourth-order valence-electron chi connectivity index (χ4n) is 4.43. The highest BCUT2D eigenvalue weighted by Crippen LogP contribution is 2.45. The molecule has 1 aliphatic rings. The molecule has 0 spiro atoms. The summed E-state index contributed by atoms with van der Waals surface area (Å²) < 4.78 is 28.7. The first-order valence-electron chi connectivity index (χ1n) is 11.7. The number of nitrogens with zero attached hydrogens (tertiary/aromatic N) is 2. The predicted octanol–water partition coefficient (Wildman–Crippen LogP) is 7.48. The summed E-state index contributed by atoms with van der Waals surface area (Å²) in [5.41, 5.74) is 4.68. The summed E-state index contributed by atoms with van der Waals surface area (Å²) >= 11 is 0. The number of carbonyl (C=O) groups is 1. The van der Waals surface area contributed by atoms with E-state index >= 15 is 0 Å². The number of anilines is 1. The molecule has 0 saturated heterocycles. The predicted molar refractivity (Wildman–Crippen MR) is 138 cm³/mol. The Kier molecular flexibility index (Phi) is 8.39. The molecular formula is C29H33F2N3O. The molecule has 1 atom stereocenters. The van der Waals surface area contributed by atoms with Crippen molar-refractivity contribution in [1.82, 2.24) is 9.55 Å². The molecule has 0 bridgehead atoms. The van der Waals surface area contributed by atoms with Gasteiger partial charge in [0.15, 0.2) is 0 Å². The van der Waals surface area contributed by atoms with Crippen molar-refractivity contribution in [2.45, 2.75) is 53.5 Å². The lowest BCUT2D eigenvalue weighted by Crippen LogP contribution is -2.25. The number of halogens is 2. The first kappa shape index (κ1) is 26.1. The third-order valence-electron chi connectivity index (χ3n) is 6.30. The quantitative estimate of drug-likeness (QED) is 0.332. The van der Waals surface area contributed by atoms with Crippen LogP contribution in [-0.2, 0) is 4.79 Å². The van der Waals surface area contributed by atoms with Crippen LogP contribution in [0.5, 0.6) is 0 Å². The van der Waals surface area contributed by atoms with Crippen molar-refractivity contribution in [1.29, 1.82) is 0 Å². The van der Waals surface area contributed by atoms with E-state index in [0.717, 1.165) is 36.6 Å². The molecule has 2 aromatic rings. The van der Waals surface area contributed by atoms with E-state index in [1.54, 1.807) is 6.92 Å². The maximum Gasteiger partial charge on any atom is 0.248 e. The fraction of sp³-hybridized carbons (Fsp3) is 0.310. The molecule has 6 heteroatoms. The molecule has 1 aromatic carbocycles. The Morgan fingerprint density at radius 3 is 2.51 bits per heavy atom. The normalized spacial score (nSPS) is 19.1. The Morgan fingerprint density at radius 1 is 1.14 bits per heavy atom. The van der Waals surface area contributed by atoms with Crippen LogP contribution in [0.25, 0.3) is 0 Å². The summed E-state index contributed by atoms with van der Waals surface area (Å²) in [7, 11) is 0. The average Bonchev–Trinajstić information content (AvgIpc) is 3.26. The van der Waals surface area contributed by atoms with Crippen LogP contribution in [0, 0.1) is 17.0 Å².